The van der Waals surface area contributed by atoms with E-state index in [-0.39, 0.29) is 15.5 Å². The monoisotopic (exact) mass is 423 g/mol. The van der Waals surface area contributed by atoms with Gasteiger partial charge in [0.2, 0.25) is 10.0 Å². The Morgan fingerprint density at radius 1 is 1.00 bits per heavy atom. The molecule has 0 spiro atoms. The third kappa shape index (κ3) is 4.81. The Bertz CT molecular complexity index is 956. The van der Waals surface area contributed by atoms with Crippen LogP contribution >= 0.6 is 23.2 Å². The minimum Gasteiger partial charge on any atom is -0.298 e. The number of rotatable bonds is 4. The van der Waals surface area contributed by atoms with Gasteiger partial charge in [-0.15, -0.1) is 0 Å². The first kappa shape index (κ1) is 20.1. The highest BCUT2D eigenvalue weighted by atomic mass is 35.5. The van der Waals surface area contributed by atoms with Gasteiger partial charge >= 0.3 is 0 Å². The molecule has 1 aliphatic heterocycles. The molecule has 0 unspecified atom stereocenters. The molecule has 1 heterocycles. The molecule has 0 amide bonds. The summed E-state index contributed by atoms with van der Waals surface area (Å²) in [6.07, 6.45) is 0.742. The molecule has 0 aromatic heterocycles. The highest BCUT2D eigenvalue weighted by Crippen LogP contribution is 2.23. The van der Waals surface area contributed by atoms with Crippen LogP contribution in [-0.4, -0.2) is 43.8 Å². The van der Waals surface area contributed by atoms with Gasteiger partial charge in [-0.1, -0.05) is 35.3 Å². The molecular formula is C19H19Cl2N3O2S. The zero-order valence-corrected chi connectivity index (χ0v) is 16.9. The zero-order valence-electron chi connectivity index (χ0n) is 14.6. The summed E-state index contributed by atoms with van der Waals surface area (Å²) < 4.78 is 27.4. The van der Waals surface area contributed by atoms with E-state index in [1.165, 1.54) is 22.5 Å². The maximum absolute atomic E-state index is 13.0. The van der Waals surface area contributed by atoms with Crippen LogP contribution in [0.4, 0.5) is 0 Å². The molecule has 5 nitrogen and oxygen atoms in total. The van der Waals surface area contributed by atoms with Gasteiger partial charge in [0, 0.05) is 31.2 Å². The fourth-order valence-corrected chi connectivity index (χ4v) is 4.88. The topological polar surface area (TPSA) is 64.4 Å². The molecule has 1 fully saturated rings. The molecule has 0 bridgehead atoms. The van der Waals surface area contributed by atoms with E-state index in [4.69, 9.17) is 28.5 Å². The summed E-state index contributed by atoms with van der Waals surface area (Å²) in [4.78, 5) is 2.34. The highest BCUT2D eigenvalue weighted by Gasteiger charge is 2.27. The molecule has 0 saturated carbocycles. The molecule has 3 rings (SSSR count). The average molecular weight is 424 g/mol. The van der Waals surface area contributed by atoms with E-state index >= 15 is 0 Å². The summed E-state index contributed by atoms with van der Waals surface area (Å²) in [5.74, 6) is 0. The third-order valence-corrected chi connectivity index (χ3v) is 7.04. The first-order valence-electron chi connectivity index (χ1n) is 8.57. The maximum Gasteiger partial charge on any atom is 0.243 e. The van der Waals surface area contributed by atoms with Gasteiger partial charge in [0.1, 0.15) is 6.07 Å². The zero-order chi connectivity index (χ0) is 19.4. The average Bonchev–Trinajstić information content (AvgIpc) is 2.90. The van der Waals surface area contributed by atoms with Gasteiger partial charge in [0.15, 0.2) is 0 Å². The molecule has 0 N–H and O–H groups in total. The Morgan fingerprint density at radius 2 is 1.74 bits per heavy atom. The van der Waals surface area contributed by atoms with Crippen LogP contribution in [0.2, 0.25) is 10.0 Å². The van der Waals surface area contributed by atoms with Crippen molar-refractivity contribution in [2.45, 2.75) is 17.9 Å². The normalized spacial score (nSPS) is 16.6. The second kappa shape index (κ2) is 8.59. The molecule has 1 saturated heterocycles. The first-order valence-corrected chi connectivity index (χ1v) is 10.8. The molecule has 8 heteroatoms. The lowest BCUT2D eigenvalue weighted by molar-refractivity contribution is 0.278. The largest absolute Gasteiger partial charge is 0.298 e. The van der Waals surface area contributed by atoms with Crippen molar-refractivity contribution < 1.29 is 8.42 Å². The molecular weight excluding hydrogens is 405 g/mol. The van der Waals surface area contributed by atoms with E-state index < -0.39 is 10.0 Å². The van der Waals surface area contributed by atoms with Gasteiger partial charge in [-0.3, -0.25) is 4.90 Å². The Balaban J connectivity index is 1.71. The molecule has 0 radical (unpaired) electrons. The minimum atomic E-state index is -3.66. The predicted octanol–water partition coefficient (Wildman–Crippen LogP) is 3.76. The number of halogens is 2. The van der Waals surface area contributed by atoms with E-state index in [9.17, 15) is 8.42 Å². The van der Waals surface area contributed by atoms with Crippen LogP contribution in [0.15, 0.2) is 47.4 Å². The molecule has 0 atom stereocenters. The van der Waals surface area contributed by atoms with Crippen molar-refractivity contribution in [2.24, 2.45) is 0 Å². The summed E-state index contributed by atoms with van der Waals surface area (Å²) in [7, 11) is -3.66. The summed E-state index contributed by atoms with van der Waals surface area (Å²) in [5.41, 5.74) is 1.31. The lowest BCUT2D eigenvalue weighted by atomic mass is 10.2. The van der Waals surface area contributed by atoms with Gasteiger partial charge in [-0.2, -0.15) is 9.57 Å². The lowest BCUT2D eigenvalue weighted by Crippen LogP contribution is -2.35. The smallest absolute Gasteiger partial charge is 0.243 e. The molecule has 27 heavy (non-hydrogen) atoms. The molecule has 142 valence electrons. The van der Waals surface area contributed by atoms with E-state index in [1.807, 2.05) is 30.3 Å². The van der Waals surface area contributed by atoms with Gasteiger partial charge in [-0.25, -0.2) is 8.42 Å². The van der Waals surface area contributed by atoms with Crippen LogP contribution in [0.5, 0.6) is 0 Å². The lowest BCUT2D eigenvalue weighted by Gasteiger charge is -2.22. The molecule has 1 aliphatic rings. The maximum atomic E-state index is 13.0. The van der Waals surface area contributed by atoms with Crippen LogP contribution < -0.4 is 0 Å². The van der Waals surface area contributed by atoms with Gasteiger partial charge in [0.05, 0.1) is 15.5 Å². The number of hydrogen-bond acceptors (Lipinski definition) is 4. The summed E-state index contributed by atoms with van der Waals surface area (Å²) in [5, 5.41) is 10.1. The first-order chi connectivity index (χ1) is 12.9. The van der Waals surface area contributed by atoms with Crippen molar-refractivity contribution in [2.75, 3.05) is 26.2 Å². The predicted molar refractivity (Wildman–Crippen MR) is 106 cm³/mol. The van der Waals surface area contributed by atoms with Gasteiger partial charge in [0.25, 0.3) is 0 Å². The van der Waals surface area contributed by atoms with Gasteiger partial charge < -0.3 is 0 Å². The van der Waals surface area contributed by atoms with Crippen LogP contribution in [0.1, 0.15) is 17.5 Å². The second-order valence-corrected chi connectivity index (χ2v) is 9.20. The SMILES string of the molecule is N#Cc1cc(S(=O)(=O)N2CCCN(Cc3ccc(Cl)cc3)CC2)ccc1Cl. The molecule has 0 aliphatic carbocycles. The number of benzene rings is 2. The van der Waals surface area contributed by atoms with Crippen molar-refractivity contribution in [3.8, 4) is 6.07 Å². The Hall–Kier alpha value is -1.62. The number of nitriles is 1. The number of hydrogen-bond donors (Lipinski definition) is 0. The van der Waals surface area contributed by atoms with Gasteiger partial charge in [-0.05, 0) is 48.9 Å². The van der Waals surface area contributed by atoms with Crippen LogP contribution in [0.25, 0.3) is 0 Å². The molecule has 2 aromatic rings. The van der Waals surface area contributed by atoms with Crippen LogP contribution in [0.3, 0.4) is 0 Å². The molecule has 2 aromatic carbocycles. The van der Waals surface area contributed by atoms with Crippen LogP contribution in [0, 0.1) is 11.3 Å². The fraction of sp³-hybridized carbons (Fsp3) is 0.316. The van der Waals surface area contributed by atoms with Crippen molar-refractivity contribution in [3.05, 3.63) is 63.6 Å². The van der Waals surface area contributed by atoms with Crippen molar-refractivity contribution in [1.82, 2.24) is 9.21 Å². The minimum absolute atomic E-state index is 0.106. The second-order valence-electron chi connectivity index (χ2n) is 6.41. The summed E-state index contributed by atoms with van der Waals surface area (Å²) in [6.45, 7) is 3.06. The fourth-order valence-electron chi connectivity index (χ4n) is 3.09. The van der Waals surface area contributed by atoms with E-state index in [0.29, 0.717) is 24.7 Å². The van der Waals surface area contributed by atoms with Crippen LogP contribution in [-0.2, 0) is 16.6 Å². The number of sulfonamides is 1. The standard InChI is InChI=1S/C19H19Cl2N3O2S/c20-17-4-2-15(3-5-17)14-23-8-1-9-24(11-10-23)27(25,26)18-6-7-19(21)16(12-18)13-22/h2-7,12H,1,8-11,14H2. The van der Waals surface area contributed by atoms with Crippen molar-refractivity contribution >= 4 is 33.2 Å². The Morgan fingerprint density at radius 3 is 2.44 bits per heavy atom. The van der Waals surface area contributed by atoms with E-state index in [1.54, 1.807) is 0 Å². The summed E-state index contributed by atoms with van der Waals surface area (Å²) >= 11 is 11.8. The Labute approximate surface area is 169 Å². The van der Waals surface area contributed by atoms with Crippen molar-refractivity contribution in [1.29, 1.82) is 5.26 Å². The van der Waals surface area contributed by atoms with E-state index in [2.05, 4.69) is 4.90 Å². The summed E-state index contributed by atoms with van der Waals surface area (Å²) in [6, 6.07) is 13.9. The highest BCUT2D eigenvalue weighted by molar-refractivity contribution is 7.89. The Kier molecular flexibility index (Phi) is 6.40. The van der Waals surface area contributed by atoms with E-state index in [0.717, 1.165) is 25.1 Å². The number of nitrogens with zero attached hydrogens (tertiary/aromatic N) is 3. The quantitative estimate of drug-likeness (QED) is 0.750. The third-order valence-electron chi connectivity index (χ3n) is 4.56. The van der Waals surface area contributed by atoms with Crippen molar-refractivity contribution in [3.63, 3.8) is 0 Å².